The molecule has 0 fully saturated rings. The molecule has 100 valence electrons. The molecule has 0 heterocycles. The first kappa shape index (κ1) is 13.8. The Bertz CT molecular complexity index is 612. The van der Waals surface area contributed by atoms with Crippen molar-refractivity contribution in [2.75, 3.05) is 6.61 Å². The minimum Gasteiger partial charge on any atom is -0.490 e. The van der Waals surface area contributed by atoms with Gasteiger partial charge in [-0.05, 0) is 23.8 Å². The van der Waals surface area contributed by atoms with Crippen molar-refractivity contribution in [3.05, 3.63) is 84.5 Å². The zero-order valence-electron chi connectivity index (χ0n) is 11.2. The predicted octanol–water partition coefficient (Wildman–Crippen LogP) is 4.15. The maximum Gasteiger partial charge on any atom is 0.185 e. The third-order valence-corrected chi connectivity index (χ3v) is 2.71. The molecule has 0 aliphatic heterocycles. The molecule has 0 N–H and O–H groups in total. The normalized spacial score (nSPS) is 10.4. The van der Waals surface area contributed by atoms with Gasteiger partial charge in [0, 0.05) is 5.56 Å². The van der Waals surface area contributed by atoms with E-state index in [1.54, 1.807) is 30.4 Å². The van der Waals surface area contributed by atoms with Crippen LogP contribution in [0.5, 0.6) is 5.75 Å². The first-order chi connectivity index (χ1) is 9.79. The molecule has 0 unspecified atom stereocenters. The molecule has 0 saturated heterocycles. The fraction of sp³-hybridized carbons (Fsp3) is 0.0556. The molecule has 2 nitrogen and oxygen atoms in total. The van der Waals surface area contributed by atoms with Gasteiger partial charge in [-0.25, -0.2) is 0 Å². The number of carbonyl (C=O) groups excluding carboxylic acids is 1. The number of carbonyl (C=O) groups is 1. The van der Waals surface area contributed by atoms with E-state index in [-0.39, 0.29) is 5.78 Å². The van der Waals surface area contributed by atoms with Crippen molar-refractivity contribution in [1.29, 1.82) is 0 Å². The lowest BCUT2D eigenvalue weighted by molar-refractivity contribution is 0.104. The van der Waals surface area contributed by atoms with Gasteiger partial charge in [-0.15, -0.1) is 0 Å². The van der Waals surface area contributed by atoms with E-state index in [9.17, 15) is 4.79 Å². The second kappa shape index (κ2) is 7.10. The van der Waals surface area contributed by atoms with Crippen LogP contribution < -0.4 is 4.74 Å². The van der Waals surface area contributed by atoms with E-state index in [4.69, 9.17) is 4.74 Å². The fourth-order valence-corrected chi connectivity index (χ4v) is 1.73. The lowest BCUT2D eigenvalue weighted by atomic mass is 10.1. The van der Waals surface area contributed by atoms with Crippen molar-refractivity contribution < 1.29 is 9.53 Å². The summed E-state index contributed by atoms with van der Waals surface area (Å²) in [5, 5.41) is 0. The highest BCUT2D eigenvalue weighted by Crippen LogP contribution is 2.15. The molecule has 0 spiro atoms. The largest absolute Gasteiger partial charge is 0.490 e. The average molecular weight is 264 g/mol. The van der Waals surface area contributed by atoms with Crippen molar-refractivity contribution in [2.24, 2.45) is 0 Å². The van der Waals surface area contributed by atoms with Crippen LogP contribution >= 0.6 is 0 Å². The molecule has 0 bridgehead atoms. The highest BCUT2D eigenvalue weighted by atomic mass is 16.5. The van der Waals surface area contributed by atoms with Gasteiger partial charge in [-0.2, -0.15) is 0 Å². The number of ketones is 1. The molecule has 0 aliphatic carbocycles. The minimum absolute atomic E-state index is 0.0111. The standard InChI is InChI=1S/C18H16O2/c1-2-13-20-17-10-6-7-15(14-17)11-12-18(19)16-8-4-3-5-9-16/h2-12,14H,1,13H2/b12-11+. The summed E-state index contributed by atoms with van der Waals surface area (Å²) in [4.78, 5) is 11.9. The Labute approximate surface area is 119 Å². The van der Waals surface area contributed by atoms with Crippen molar-refractivity contribution in [2.45, 2.75) is 0 Å². The highest BCUT2D eigenvalue weighted by molar-refractivity contribution is 6.06. The molecule has 0 aliphatic rings. The first-order valence-corrected chi connectivity index (χ1v) is 6.41. The molecule has 0 atom stereocenters. The van der Waals surface area contributed by atoms with E-state index in [1.807, 2.05) is 42.5 Å². The van der Waals surface area contributed by atoms with Crippen LogP contribution in [0.15, 0.2) is 73.3 Å². The Morgan fingerprint density at radius 2 is 1.90 bits per heavy atom. The summed E-state index contributed by atoms with van der Waals surface area (Å²) in [5.41, 5.74) is 1.61. The number of allylic oxidation sites excluding steroid dienone is 1. The monoisotopic (exact) mass is 264 g/mol. The number of hydrogen-bond donors (Lipinski definition) is 0. The van der Waals surface area contributed by atoms with Gasteiger partial charge in [0.05, 0.1) is 0 Å². The molecule has 2 heteroatoms. The molecule has 0 amide bonds. The molecule has 2 aromatic rings. The van der Waals surface area contributed by atoms with Gasteiger partial charge in [0.2, 0.25) is 0 Å². The van der Waals surface area contributed by atoms with E-state index in [0.29, 0.717) is 12.2 Å². The van der Waals surface area contributed by atoms with Gasteiger partial charge in [-0.3, -0.25) is 4.79 Å². The molecule has 0 aromatic heterocycles. The Kier molecular flexibility index (Phi) is 4.90. The molecule has 0 saturated carbocycles. The fourth-order valence-electron chi connectivity index (χ4n) is 1.73. The van der Waals surface area contributed by atoms with Crippen LogP contribution in [-0.4, -0.2) is 12.4 Å². The van der Waals surface area contributed by atoms with Crippen molar-refractivity contribution in [1.82, 2.24) is 0 Å². The Hall–Kier alpha value is -2.61. The molecule has 20 heavy (non-hydrogen) atoms. The second-order valence-corrected chi connectivity index (χ2v) is 4.24. The topological polar surface area (TPSA) is 26.3 Å². The van der Waals surface area contributed by atoms with Gasteiger partial charge in [0.15, 0.2) is 5.78 Å². The Balaban J connectivity index is 2.07. The van der Waals surface area contributed by atoms with E-state index < -0.39 is 0 Å². The number of ether oxygens (including phenoxy) is 1. The van der Waals surface area contributed by atoms with Crippen LogP contribution in [0.2, 0.25) is 0 Å². The number of rotatable bonds is 6. The van der Waals surface area contributed by atoms with E-state index >= 15 is 0 Å². The summed E-state index contributed by atoms with van der Waals surface area (Å²) in [5.74, 6) is 0.752. The van der Waals surface area contributed by atoms with Gasteiger partial charge in [0.25, 0.3) is 0 Å². The number of hydrogen-bond acceptors (Lipinski definition) is 2. The van der Waals surface area contributed by atoms with Crippen molar-refractivity contribution in [3.63, 3.8) is 0 Å². The van der Waals surface area contributed by atoms with Crippen LogP contribution in [0.3, 0.4) is 0 Å². The van der Waals surface area contributed by atoms with Gasteiger partial charge < -0.3 is 4.74 Å². The second-order valence-electron chi connectivity index (χ2n) is 4.24. The summed E-state index contributed by atoms with van der Waals surface area (Å²) < 4.78 is 5.45. The van der Waals surface area contributed by atoms with Gasteiger partial charge in [0.1, 0.15) is 12.4 Å². The van der Waals surface area contributed by atoms with E-state index in [2.05, 4.69) is 6.58 Å². The smallest absolute Gasteiger partial charge is 0.185 e. The van der Waals surface area contributed by atoms with Crippen molar-refractivity contribution >= 4 is 11.9 Å². The third-order valence-electron chi connectivity index (χ3n) is 2.71. The van der Waals surface area contributed by atoms with Gasteiger partial charge in [-0.1, -0.05) is 61.2 Å². The van der Waals surface area contributed by atoms with E-state index in [0.717, 1.165) is 11.3 Å². The van der Waals surface area contributed by atoms with Crippen LogP contribution in [0.4, 0.5) is 0 Å². The number of benzene rings is 2. The molecular formula is C18H16O2. The molecular weight excluding hydrogens is 248 g/mol. The quantitative estimate of drug-likeness (QED) is 0.445. The van der Waals surface area contributed by atoms with E-state index in [1.165, 1.54) is 0 Å². The van der Waals surface area contributed by atoms with Crippen LogP contribution in [0, 0.1) is 0 Å². The summed E-state index contributed by atoms with van der Waals surface area (Å²) in [7, 11) is 0. The summed E-state index contributed by atoms with van der Waals surface area (Å²) in [6.45, 7) is 4.08. The first-order valence-electron chi connectivity index (χ1n) is 6.41. The zero-order chi connectivity index (χ0) is 14.2. The van der Waals surface area contributed by atoms with Crippen molar-refractivity contribution in [3.8, 4) is 5.75 Å². The van der Waals surface area contributed by atoms with Crippen LogP contribution in [0.25, 0.3) is 6.08 Å². The van der Waals surface area contributed by atoms with Gasteiger partial charge >= 0.3 is 0 Å². The predicted molar refractivity (Wildman–Crippen MR) is 81.9 cm³/mol. The molecule has 0 radical (unpaired) electrons. The molecule has 2 rings (SSSR count). The molecule has 2 aromatic carbocycles. The lowest BCUT2D eigenvalue weighted by Gasteiger charge is -2.03. The summed E-state index contributed by atoms with van der Waals surface area (Å²) in [6, 6.07) is 16.8. The Morgan fingerprint density at radius 3 is 2.65 bits per heavy atom. The lowest BCUT2D eigenvalue weighted by Crippen LogP contribution is -1.94. The maximum atomic E-state index is 11.9. The average Bonchev–Trinajstić information content (AvgIpc) is 2.52. The maximum absolute atomic E-state index is 11.9. The Morgan fingerprint density at radius 1 is 1.10 bits per heavy atom. The SMILES string of the molecule is C=CCOc1cccc(/C=C/C(=O)c2ccccc2)c1. The minimum atomic E-state index is -0.0111. The third kappa shape index (κ3) is 3.95. The highest BCUT2D eigenvalue weighted by Gasteiger charge is 1.99. The summed E-state index contributed by atoms with van der Waals surface area (Å²) in [6.07, 6.45) is 5.06. The van der Waals surface area contributed by atoms with Crippen LogP contribution in [-0.2, 0) is 0 Å². The van der Waals surface area contributed by atoms with Crippen LogP contribution in [0.1, 0.15) is 15.9 Å². The zero-order valence-corrected chi connectivity index (χ0v) is 11.2. The summed E-state index contributed by atoms with van der Waals surface area (Å²) >= 11 is 0.